The van der Waals surface area contributed by atoms with Gasteiger partial charge in [0.1, 0.15) is 0 Å². The molecule has 1 heterocycles. The average Bonchev–Trinajstić information content (AvgIpc) is 2.24. The van der Waals surface area contributed by atoms with E-state index in [4.69, 9.17) is 0 Å². The topological polar surface area (TPSA) is 43.4 Å². The molecule has 0 saturated heterocycles. The monoisotopic (exact) mass is 152 g/mol. The van der Waals surface area contributed by atoms with E-state index in [1.54, 1.807) is 6.92 Å². The number of hydrogen-bond donors (Lipinski definition) is 0. The molecular formula is C8H8O3. The van der Waals surface area contributed by atoms with E-state index >= 15 is 0 Å². The summed E-state index contributed by atoms with van der Waals surface area (Å²) >= 11 is 0. The van der Waals surface area contributed by atoms with Crippen molar-refractivity contribution in [2.45, 2.75) is 13.3 Å². The van der Waals surface area contributed by atoms with Crippen LogP contribution in [0.5, 0.6) is 0 Å². The summed E-state index contributed by atoms with van der Waals surface area (Å²) < 4.78 is 4.35. The summed E-state index contributed by atoms with van der Waals surface area (Å²) in [6.45, 7) is 5.21. The van der Waals surface area contributed by atoms with E-state index in [-0.39, 0.29) is 0 Å². The van der Waals surface area contributed by atoms with E-state index in [2.05, 4.69) is 11.3 Å². The molecule has 0 aromatic carbocycles. The quantitative estimate of drug-likeness (QED) is 0.437. The number of carbonyl (C=O) groups excluding carboxylic acids is 2. The van der Waals surface area contributed by atoms with Crippen molar-refractivity contribution in [1.29, 1.82) is 0 Å². The maximum Gasteiger partial charge on any atom is 0.346 e. The van der Waals surface area contributed by atoms with Gasteiger partial charge in [0.25, 0.3) is 0 Å². The molecule has 58 valence electrons. The number of esters is 2. The van der Waals surface area contributed by atoms with Gasteiger partial charge in [0, 0.05) is 0 Å². The minimum atomic E-state index is -0.582. The molecular weight excluding hydrogens is 144 g/mol. The first-order chi connectivity index (χ1) is 5.20. The van der Waals surface area contributed by atoms with Crippen LogP contribution in [0, 0.1) is 0 Å². The lowest BCUT2D eigenvalue weighted by Gasteiger charge is -1.88. The van der Waals surface area contributed by atoms with Crippen molar-refractivity contribution in [1.82, 2.24) is 0 Å². The highest BCUT2D eigenvalue weighted by Gasteiger charge is 2.29. The van der Waals surface area contributed by atoms with Crippen LogP contribution in [0.3, 0.4) is 0 Å². The number of hydrogen-bond acceptors (Lipinski definition) is 3. The Morgan fingerprint density at radius 3 is 2.45 bits per heavy atom. The van der Waals surface area contributed by atoms with Crippen LogP contribution in [0.25, 0.3) is 0 Å². The highest BCUT2D eigenvalue weighted by Crippen LogP contribution is 2.20. The molecule has 0 aromatic heterocycles. The largest absolute Gasteiger partial charge is 0.386 e. The van der Waals surface area contributed by atoms with Crippen LogP contribution >= 0.6 is 0 Å². The maximum absolute atomic E-state index is 10.8. The molecule has 3 heteroatoms. The lowest BCUT2D eigenvalue weighted by atomic mass is 10.1. The third-order valence-corrected chi connectivity index (χ3v) is 1.53. The molecule has 0 atom stereocenters. The fourth-order valence-electron chi connectivity index (χ4n) is 0.975. The predicted molar refractivity (Wildman–Crippen MR) is 38.6 cm³/mol. The highest BCUT2D eigenvalue weighted by molar-refractivity contribution is 6.13. The lowest BCUT2D eigenvalue weighted by molar-refractivity contribution is -0.151. The Kier molecular flexibility index (Phi) is 1.89. The summed E-state index contributed by atoms with van der Waals surface area (Å²) in [4.78, 5) is 21.6. The second-order valence-corrected chi connectivity index (χ2v) is 2.13. The number of rotatable bonds is 2. The van der Waals surface area contributed by atoms with Gasteiger partial charge >= 0.3 is 11.9 Å². The van der Waals surface area contributed by atoms with Crippen LogP contribution in [-0.2, 0) is 14.3 Å². The number of cyclic esters (lactones) is 2. The van der Waals surface area contributed by atoms with Crippen LogP contribution in [0.4, 0.5) is 0 Å². The first kappa shape index (κ1) is 7.72. The SMILES string of the molecule is C=CC1=C(CC)C(=O)OC1=O. The van der Waals surface area contributed by atoms with E-state index in [1.807, 2.05) is 0 Å². The zero-order valence-corrected chi connectivity index (χ0v) is 6.22. The molecule has 0 unspecified atom stereocenters. The minimum Gasteiger partial charge on any atom is -0.386 e. The van der Waals surface area contributed by atoms with Crippen molar-refractivity contribution in [2.75, 3.05) is 0 Å². The van der Waals surface area contributed by atoms with E-state index in [9.17, 15) is 9.59 Å². The predicted octanol–water partition coefficient (Wildman–Crippen LogP) is 0.962. The van der Waals surface area contributed by atoms with Gasteiger partial charge in [0.15, 0.2) is 0 Å². The summed E-state index contributed by atoms with van der Waals surface area (Å²) in [5.41, 5.74) is 0.725. The molecule has 1 rings (SSSR count). The fraction of sp³-hybridized carbons (Fsp3) is 0.250. The van der Waals surface area contributed by atoms with E-state index in [0.29, 0.717) is 17.6 Å². The van der Waals surface area contributed by atoms with Crippen molar-refractivity contribution in [3.05, 3.63) is 23.8 Å². The van der Waals surface area contributed by atoms with Gasteiger partial charge in [-0.05, 0) is 6.42 Å². The van der Waals surface area contributed by atoms with Crippen LogP contribution < -0.4 is 0 Å². The Hall–Kier alpha value is -1.38. The molecule has 0 saturated carbocycles. The first-order valence-corrected chi connectivity index (χ1v) is 3.32. The van der Waals surface area contributed by atoms with E-state index < -0.39 is 11.9 Å². The molecule has 11 heavy (non-hydrogen) atoms. The number of carbonyl (C=O) groups is 2. The van der Waals surface area contributed by atoms with Crippen LogP contribution in [-0.4, -0.2) is 11.9 Å². The summed E-state index contributed by atoms with van der Waals surface area (Å²) in [6, 6.07) is 0. The number of ether oxygens (including phenoxy) is 1. The molecule has 0 radical (unpaired) electrons. The zero-order valence-electron chi connectivity index (χ0n) is 6.22. The molecule has 0 bridgehead atoms. The van der Waals surface area contributed by atoms with Crippen molar-refractivity contribution in [3.8, 4) is 0 Å². The Labute approximate surface area is 64.3 Å². The van der Waals surface area contributed by atoms with Gasteiger partial charge in [-0.15, -0.1) is 0 Å². The standard InChI is InChI=1S/C8H8O3/c1-3-5-6(4-2)8(10)11-7(5)9/h3H,1,4H2,2H3. The summed E-state index contributed by atoms with van der Waals surface area (Å²) in [7, 11) is 0. The van der Waals surface area contributed by atoms with Crippen molar-refractivity contribution >= 4 is 11.9 Å². The Balaban J connectivity index is 3.11. The van der Waals surface area contributed by atoms with Gasteiger partial charge in [-0.25, -0.2) is 9.59 Å². The van der Waals surface area contributed by atoms with Gasteiger partial charge in [0.2, 0.25) is 0 Å². The second kappa shape index (κ2) is 2.70. The molecule has 0 spiro atoms. The normalized spacial score (nSPS) is 17.2. The van der Waals surface area contributed by atoms with Gasteiger partial charge in [-0.2, -0.15) is 0 Å². The van der Waals surface area contributed by atoms with Crippen molar-refractivity contribution in [3.63, 3.8) is 0 Å². The Morgan fingerprint density at radius 2 is 2.09 bits per heavy atom. The van der Waals surface area contributed by atoms with Crippen LogP contribution in [0.1, 0.15) is 13.3 Å². The molecule has 0 amide bonds. The second-order valence-electron chi connectivity index (χ2n) is 2.13. The molecule has 0 aliphatic carbocycles. The van der Waals surface area contributed by atoms with Crippen LogP contribution in [0.2, 0.25) is 0 Å². The smallest absolute Gasteiger partial charge is 0.346 e. The minimum absolute atomic E-state index is 0.303. The van der Waals surface area contributed by atoms with E-state index in [0.717, 1.165) is 0 Å². The molecule has 0 aromatic rings. The van der Waals surface area contributed by atoms with Gasteiger partial charge in [-0.1, -0.05) is 19.6 Å². The summed E-state index contributed by atoms with van der Waals surface area (Å²) in [5, 5.41) is 0. The van der Waals surface area contributed by atoms with Gasteiger partial charge < -0.3 is 4.74 Å². The maximum atomic E-state index is 10.8. The first-order valence-electron chi connectivity index (χ1n) is 3.32. The molecule has 1 aliphatic heterocycles. The lowest BCUT2D eigenvalue weighted by Crippen LogP contribution is -2.01. The summed E-state index contributed by atoms with van der Waals surface area (Å²) in [5.74, 6) is -1.12. The van der Waals surface area contributed by atoms with Crippen LogP contribution in [0.15, 0.2) is 23.8 Å². The average molecular weight is 152 g/mol. The van der Waals surface area contributed by atoms with Crippen molar-refractivity contribution in [2.24, 2.45) is 0 Å². The molecule has 0 N–H and O–H groups in total. The molecule has 3 nitrogen and oxygen atoms in total. The fourth-order valence-corrected chi connectivity index (χ4v) is 0.975. The van der Waals surface area contributed by atoms with Gasteiger partial charge in [0.05, 0.1) is 11.1 Å². The third kappa shape index (κ3) is 1.09. The van der Waals surface area contributed by atoms with E-state index in [1.165, 1.54) is 6.08 Å². The van der Waals surface area contributed by atoms with Gasteiger partial charge in [-0.3, -0.25) is 0 Å². The highest BCUT2D eigenvalue weighted by atomic mass is 16.6. The summed E-state index contributed by atoms with van der Waals surface area (Å²) in [6.07, 6.45) is 1.86. The Morgan fingerprint density at radius 1 is 1.45 bits per heavy atom. The third-order valence-electron chi connectivity index (χ3n) is 1.53. The van der Waals surface area contributed by atoms with Crippen molar-refractivity contribution < 1.29 is 14.3 Å². The zero-order chi connectivity index (χ0) is 8.43. The molecule has 1 aliphatic rings. The molecule has 0 fully saturated rings. The Bertz CT molecular complexity index is 261.